The summed E-state index contributed by atoms with van der Waals surface area (Å²) < 4.78 is 0.970. The molecule has 1 aliphatic rings. The van der Waals surface area contributed by atoms with Crippen LogP contribution in [0.2, 0.25) is 0 Å². The topological polar surface area (TPSA) is 86.4 Å². The van der Waals surface area contributed by atoms with Crippen LogP contribution in [0.5, 0.6) is 0 Å². The molecule has 8 heteroatoms. The number of anilines is 2. The van der Waals surface area contributed by atoms with Crippen LogP contribution in [0.25, 0.3) is 0 Å². The number of aryl methyl sites for hydroxylation is 2. The molecule has 1 aromatic heterocycles. The molecule has 0 bridgehead atoms. The zero-order valence-corrected chi connectivity index (χ0v) is 17.6. The van der Waals surface area contributed by atoms with Gasteiger partial charge < -0.3 is 10.2 Å². The lowest BCUT2D eigenvalue weighted by atomic mass is 9.94. The quantitative estimate of drug-likeness (QED) is 0.615. The zero-order valence-electron chi connectivity index (χ0n) is 16.0. The van der Waals surface area contributed by atoms with Crippen LogP contribution >= 0.6 is 15.9 Å². The van der Waals surface area contributed by atoms with Gasteiger partial charge in [0, 0.05) is 15.9 Å². The zero-order chi connectivity index (χ0) is 20.1. The number of halogens is 1. The molecule has 3 rings (SSSR count). The summed E-state index contributed by atoms with van der Waals surface area (Å²) in [5.74, 6) is -0.193. The summed E-state index contributed by atoms with van der Waals surface area (Å²) in [5.41, 5.74) is 8.31. The molecule has 7 nitrogen and oxygen atoms in total. The number of hydrogen-bond donors (Lipinski definition) is 3. The summed E-state index contributed by atoms with van der Waals surface area (Å²) in [6.07, 6.45) is 4.01. The number of rotatable bonds is 5. The molecule has 0 fully saturated rings. The van der Waals surface area contributed by atoms with Gasteiger partial charge in [0.2, 0.25) is 0 Å². The summed E-state index contributed by atoms with van der Waals surface area (Å²) in [6.45, 7) is 0.187. The van der Waals surface area contributed by atoms with E-state index in [1.165, 1.54) is 0 Å². The van der Waals surface area contributed by atoms with Gasteiger partial charge >= 0.3 is 0 Å². The van der Waals surface area contributed by atoms with Crippen molar-refractivity contribution < 1.29 is 9.59 Å². The molecule has 0 aliphatic heterocycles. The third-order valence-electron chi connectivity index (χ3n) is 4.43. The van der Waals surface area contributed by atoms with Crippen molar-refractivity contribution in [1.29, 1.82) is 0 Å². The van der Waals surface area contributed by atoms with Gasteiger partial charge in [-0.1, -0.05) is 15.9 Å². The minimum Gasteiger partial charge on any atom is -0.340 e. The van der Waals surface area contributed by atoms with Gasteiger partial charge in [-0.15, -0.1) is 0 Å². The van der Waals surface area contributed by atoms with Crippen LogP contribution in [-0.2, 0) is 17.6 Å². The van der Waals surface area contributed by atoms with Crippen LogP contribution in [0.15, 0.2) is 34.8 Å². The summed E-state index contributed by atoms with van der Waals surface area (Å²) in [4.78, 5) is 31.0. The fraction of sp³-hybridized carbons (Fsp3) is 0.350. The largest absolute Gasteiger partial charge is 0.340 e. The van der Waals surface area contributed by atoms with Gasteiger partial charge in [-0.3, -0.25) is 20.4 Å². The van der Waals surface area contributed by atoms with Crippen LogP contribution in [0, 0.1) is 0 Å². The Balaban J connectivity index is 1.83. The molecule has 1 aliphatic carbocycles. The van der Waals surface area contributed by atoms with Crippen molar-refractivity contribution in [2.24, 2.45) is 0 Å². The first-order valence-corrected chi connectivity index (χ1v) is 10.0. The Bertz CT molecular complexity index is 868. The first-order chi connectivity index (χ1) is 13.4. The number of carbonyl (C=O) groups excluding carboxylic acids is 2. The van der Waals surface area contributed by atoms with E-state index in [1.54, 1.807) is 19.0 Å². The second-order valence-electron chi connectivity index (χ2n) is 7.07. The maximum atomic E-state index is 12.8. The average Bonchev–Trinajstić information content (AvgIpc) is 2.67. The highest BCUT2D eigenvalue weighted by Gasteiger charge is 2.20. The maximum Gasteiger partial charge on any atom is 0.273 e. The number of amides is 2. The number of pyridine rings is 1. The summed E-state index contributed by atoms with van der Waals surface area (Å²) in [7, 11) is 3.57. The van der Waals surface area contributed by atoms with Crippen molar-refractivity contribution in [2.75, 3.05) is 26.0 Å². The van der Waals surface area contributed by atoms with E-state index in [-0.39, 0.29) is 12.5 Å². The lowest BCUT2D eigenvalue weighted by molar-refractivity contribution is -0.122. The van der Waals surface area contributed by atoms with Gasteiger partial charge in [0.15, 0.2) is 0 Å². The second kappa shape index (κ2) is 9.16. The van der Waals surface area contributed by atoms with Crippen LogP contribution in [0.1, 0.15) is 34.5 Å². The Labute approximate surface area is 173 Å². The third kappa shape index (κ3) is 5.30. The minimum absolute atomic E-state index is 0.187. The number of carbonyl (C=O) groups is 2. The molecule has 1 heterocycles. The number of aromatic nitrogens is 1. The number of likely N-dealkylation sites (N-methyl/N-ethyl adjacent to an activating group) is 1. The summed E-state index contributed by atoms with van der Waals surface area (Å²) in [6, 6.07) is 9.54. The predicted octanol–water partition coefficient (Wildman–Crippen LogP) is 2.79. The number of nitrogens with one attached hydrogen (secondary N) is 3. The molecule has 28 heavy (non-hydrogen) atoms. The third-order valence-corrected chi connectivity index (χ3v) is 4.96. The van der Waals surface area contributed by atoms with Crippen LogP contribution in [-0.4, -0.2) is 42.3 Å². The van der Waals surface area contributed by atoms with Gasteiger partial charge in [-0.2, -0.15) is 0 Å². The highest BCUT2D eigenvalue weighted by atomic mass is 79.9. The van der Waals surface area contributed by atoms with Gasteiger partial charge in [0.25, 0.3) is 11.8 Å². The van der Waals surface area contributed by atoms with Crippen molar-refractivity contribution in [3.63, 3.8) is 0 Å². The predicted molar refractivity (Wildman–Crippen MR) is 112 cm³/mol. The Morgan fingerprint density at radius 3 is 2.54 bits per heavy atom. The Kier molecular flexibility index (Phi) is 6.64. The Morgan fingerprint density at radius 2 is 1.82 bits per heavy atom. The first-order valence-electron chi connectivity index (χ1n) is 9.21. The molecule has 0 saturated heterocycles. The highest BCUT2D eigenvalue weighted by Crippen LogP contribution is 2.27. The lowest BCUT2D eigenvalue weighted by Gasteiger charge is -2.19. The Morgan fingerprint density at radius 1 is 1.11 bits per heavy atom. The number of nitrogens with zero attached hydrogens (tertiary/aromatic N) is 2. The van der Waals surface area contributed by atoms with Crippen molar-refractivity contribution in [2.45, 2.75) is 25.7 Å². The van der Waals surface area contributed by atoms with Gasteiger partial charge in [0.05, 0.1) is 12.1 Å². The molecule has 0 atom stereocenters. The molecule has 0 spiro atoms. The molecule has 1 aromatic carbocycles. The van der Waals surface area contributed by atoms with E-state index in [1.807, 2.05) is 30.3 Å². The van der Waals surface area contributed by atoms with Crippen molar-refractivity contribution in [3.8, 4) is 0 Å². The SMILES string of the molecule is CN(C)CC(=O)NNC(=O)c1cc2c(nc1Nc1ccc(Br)cc1)CCCC2. The van der Waals surface area contributed by atoms with E-state index in [4.69, 9.17) is 4.98 Å². The molecular formula is C20H24BrN5O2. The fourth-order valence-corrected chi connectivity index (χ4v) is 3.36. The minimum atomic E-state index is -0.396. The molecule has 0 saturated carbocycles. The summed E-state index contributed by atoms with van der Waals surface area (Å²) in [5, 5.41) is 3.24. The molecule has 0 radical (unpaired) electrons. The molecule has 148 valence electrons. The van der Waals surface area contributed by atoms with E-state index >= 15 is 0 Å². The second-order valence-corrected chi connectivity index (χ2v) is 7.99. The summed E-state index contributed by atoms with van der Waals surface area (Å²) >= 11 is 3.42. The van der Waals surface area contributed by atoms with Crippen molar-refractivity contribution in [3.05, 3.63) is 51.6 Å². The molecular weight excluding hydrogens is 422 g/mol. The van der Waals surface area contributed by atoms with E-state index < -0.39 is 5.91 Å². The number of hydrogen-bond acceptors (Lipinski definition) is 5. The van der Waals surface area contributed by atoms with E-state index in [9.17, 15) is 9.59 Å². The monoisotopic (exact) mass is 445 g/mol. The number of fused-ring (bicyclic) bond motifs is 1. The molecule has 2 amide bonds. The maximum absolute atomic E-state index is 12.8. The van der Waals surface area contributed by atoms with E-state index in [0.717, 1.165) is 47.1 Å². The van der Waals surface area contributed by atoms with Crippen molar-refractivity contribution >= 4 is 39.2 Å². The van der Waals surface area contributed by atoms with E-state index in [0.29, 0.717) is 11.4 Å². The normalized spacial score (nSPS) is 13.0. The fourth-order valence-electron chi connectivity index (χ4n) is 3.09. The van der Waals surface area contributed by atoms with Gasteiger partial charge in [-0.05, 0) is 75.7 Å². The molecule has 0 unspecified atom stereocenters. The van der Waals surface area contributed by atoms with Gasteiger partial charge in [-0.25, -0.2) is 4.98 Å². The standard InChI is InChI=1S/C20H24BrN5O2/c1-26(2)12-18(27)24-25-20(28)16-11-13-5-3-4-6-17(13)23-19(16)22-15-9-7-14(21)8-10-15/h7-11H,3-6,12H2,1-2H3,(H,22,23)(H,24,27)(H,25,28). The first kappa shape index (κ1) is 20.3. The lowest BCUT2D eigenvalue weighted by Crippen LogP contribution is -2.45. The van der Waals surface area contributed by atoms with Crippen LogP contribution in [0.3, 0.4) is 0 Å². The van der Waals surface area contributed by atoms with Crippen LogP contribution < -0.4 is 16.2 Å². The van der Waals surface area contributed by atoms with Crippen molar-refractivity contribution in [1.82, 2.24) is 20.7 Å². The number of benzene rings is 1. The molecule has 3 N–H and O–H groups in total. The molecule has 2 aromatic rings. The average molecular weight is 446 g/mol. The highest BCUT2D eigenvalue weighted by molar-refractivity contribution is 9.10. The number of hydrazine groups is 1. The Hall–Kier alpha value is -2.45. The van der Waals surface area contributed by atoms with E-state index in [2.05, 4.69) is 32.1 Å². The van der Waals surface area contributed by atoms with Gasteiger partial charge in [0.1, 0.15) is 5.82 Å². The van der Waals surface area contributed by atoms with Crippen LogP contribution in [0.4, 0.5) is 11.5 Å². The smallest absolute Gasteiger partial charge is 0.273 e.